The molecule has 1 rings (SSSR count). The summed E-state index contributed by atoms with van der Waals surface area (Å²) in [5.41, 5.74) is 3.25. The highest BCUT2D eigenvalue weighted by atomic mass is 16.2. The van der Waals surface area contributed by atoms with Crippen LogP contribution in [0.3, 0.4) is 0 Å². The fourth-order valence-corrected chi connectivity index (χ4v) is 2.61. The molecule has 0 saturated heterocycles. The monoisotopic (exact) mass is 304 g/mol. The molecule has 1 aromatic carbocycles. The minimum Gasteiger partial charge on any atom is -0.340 e. The number of aryl methyl sites for hydroxylation is 2. The fourth-order valence-electron chi connectivity index (χ4n) is 2.61. The van der Waals surface area contributed by atoms with Gasteiger partial charge in [0.15, 0.2) is 0 Å². The number of carbonyl (C=O) groups excluding carboxylic acids is 2. The molecular formula is C18H28N2O2. The van der Waals surface area contributed by atoms with E-state index in [-0.39, 0.29) is 17.9 Å². The van der Waals surface area contributed by atoms with Crippen molar-refractivity contribution in [2.45, 2.75) is 59.9 Å². The third-order valence-electron chi connectivity index (χ3n) is 3.87. The van der Waals surface area contributed by atoms with Gasteiger partial charge >= 0.3 is 0 Å². The number of hydrogen-bond donors (Lipinski definition) is 1. The van der Waals surface area contributed by atoms with Gasteiger partial charge < -0.3 is 10.2 Å². The molecule has 122 valence electrons. The van der Waals surface area contributed by atoms with Gasteiger partial charge in [-0.15, -0.1) is 0 Å². The summed E-state index contributed by atoms with van der Waals surface area (Å²) in [6, 6.07) is 6.23. The van der Waals surface area contributed by atoms with E-state index in [2.05, 4.69) is 19.2 Å². The number of benzene rings is 1. The molecular weight excluding hydrogens is 276 g/mol. The van der Waals surface area contributed by atoms with E-state index in [1.54, 1.807) is 11.8 Å². The van der Waals surface area contributed by atoms with Crippen LogP contribution in [0.25, 0.3) is 0 Å². The van der Waals surface area contributed by atoms with Gasteiger partial charge in [0.25, 0.3) is 0 Å². The Morgan fingerprint density at radius 1 is 1.14 bits per heavy atom. The number of carbonyl (C=O) groups is 2. The maximum atomic E-state index is 12.2. The second kappa shape index (κ2) is 8.57. The summed E-state index contributed by atoms with van der Waals surface area (Å²) in [5.74, 6) is -0.0338. The van der Waals surface area contributed by atoms with Gasteiger partial charge in [0, 0.05) is 31.6 Å². The summed E-state index contributed by atoms with van der Waals surface area (Å²) in [4.78, 5) is 25.5. The molecule has 0 unspecified atom stereocenters. The molecule has 0 heterocycles. The van der Waals surface area contributed by atoms with Gasteiger partial charge in [-0.1, -0.05) is 32.0 Å². The van der Waals surface area contributed by atoms with Crippen LogP contribution in [0.4, 0.5) is 5.69 Å². The number of hydrogen-bond acceptors (Lipinski definition) is 2. The first kappa shape index (κ1) is 18.2. The highest BCUT2D eigenvalue weighted by molar-refractivity contribution is 5.92. The first-order valence-electron chi connectivity index (χ1n) is 8.08. The summed E-state index contributed by atoms with van der Waals surface area (Å²) in [7, 11) is 0. The summed E-state index contributed by atoms with van der Waals surface area (Å²) in [6.07, 6.45) is 2.09. The quantitative estimate of drug-likeness (QED) is 0.839. The molecule has 0 atom stereocenters. The van der Waals surface area contributed by atoms with Gasteiger partial charge in [0.05, 0.1) is 0 Å². The highest BCUT2D eigenvalue weighted by Crippen LogP contribution is 2.22. The summed E-state index contributed by atoms with van der Waals surface area (Å²) in [6.45, 7) is 10.1. The molecule has 0 radical (unpaired) electrons. The zero-order chi connectivity index (χ0) is 16.7. The third kappa shape index (κ3) is 4.86. The van der Waals surface area contributed by atoms with Crippen LogP contribution in [0.1, 0.15) is 52.2 Å². The Kier molecular flexibility index (Phi) is 7.09. The second-order valence-corrected chi connectivity index (χ2v) is 5.76. The van der Waals surface area contributed by atoms with Crippen molar-refractivity contribution >= 4 is 17.5 Å². The van der Waals surface area contributed by atoms with E-state index in [0.29, 0.717) is 13.0 Å². The van der Waals surface area contributed by atoms with Crippen molar-refractivity contribution < 1.29 is 9.59 Å². The van der Waals surface area contributed by atoms with Crippen molar-refractivity contribution in [2.75, 3.05) is 11.9 Å². The Bertz CT molecular complexity index is 502. The topological polar surface area (TPSA) is 49.4 Å². The van der Waals surface area contributed by atoms with Gasteiger partial charge in [-0.3, -0.25) is 9.59 Å². The third-order valence-corrected chi connectivity index (χ3v) is 3.87. The fraction of sp³-hybridized carbons (Fsp3) is 0.556. The molecule has 22 heavy (non-hydrogen) atoms. The van der Waals surface area contributed by atoms with Crippen molar-refractivity contribution in [3.63, 3.8) is 0 Å². The lowest BCUT2D eigenvalue weighted by atomic mass is 10.0. The Hall–Kier alpha value is -1.84. The minimum absolute atomic E-state index is 0.00556. The number of para-hydroxylation sites is 1. The van der Waals surface area contributed by atoms with E-state index in [4.69, 9.17) is 0 Å². The molecule has 0 saturated carbocycles. The average molecular weight is 304 g/mol. The maximum Gasteiger partial charge on any atom is 0.226 e. The van der Waals surface area contributed by atoms with Gasteiger partial charge in [0.2, 0.25) is 11.8 Å². The molecule has 0 aliphatic heterocycles. The number of nitrogens with one attached hydrogen (secondary N) is 1. The molecule has 0 fully saturated rings. The minimum atomic E-state index is -0.0394. The second-order valence-electron chi connectivity index (χ2n) is 5.76. The summed E-state index contributed by atoms with van der Waals surface area (Å²) < 4.78 is 0. The molecule has 4 heteroatoms. The smallest absolute Gasteiger partial charge is 0.226 e. The van der Waals surface area contributed by atoms with Gasteiger partial charge in [-0.05, 0) is 37.8 Å². The Morgan fingerprint density at radius 3 is 2.09 bits per heavy atom. The van der Waals surface area contributed by atoms with E-state index in [9.17, 15) is 9.59 Å². The Morgan fingerprint density at radius 2 is 1.68 bits per heavy atom. The lowest BCUT2D eigenvalue weighted by molar-refractivity contribution is -0.130. The number of rotatable bonds is 7. The lowest BCUT2D eigenvalue weighted by Crippen LogP contribution is -2.37. The zero-order valence-electron chi connectivity index (χ0n) is 14.4. The summed E-state index contributed by atoms with van der Waals surface area (Å²) >= 11 is 0. The lowest BCUT2D eigenvalue weighted by Gasteiger charge is -2.25. The molecule has 0 aliphatic carbocycles. The van der Waals surface area contributed by atoms with Crippen molar-refractivity contribution in [3.05, 3.63) is 29.3 Å². The molecule has 2 amide bonds. The maximum absolute atomic E-state index is 12.2. The van der Waals surface area contributed by atoms with E-state index >= 15 is 0 Å². The standard InChI is InChI=1S/C18H28N2O2/c1-6-15-9-8-10-16(7-2)18(15)19-17(22)11-12-20(13(3)4)14(5)21/h8-10,13H,6-7,11-12H2,1-5H3,(H,19,22). The van der Waals surface area contributed by atoms with Crippen LogP contribution in [-0.2, 0) is 22.4 Å². The van der Waals surface area contributed by atoms with Crippen LogP contribution in [0.5, 0.6) is 0 Å². The van der Waals surface area contributed by atoms with E-state index < -0.39 is 0 Å². The zero-order valence-corrected chi connectivity index (χ0v) is 14.4. The van der Waals surface area contributed by atoms with Crippen LogP contribution in [0.2, 0.25) is 0 Å². The Balaban J connectivity index is 2.75. The van der Waals surface area contributed by atoms with Crippen LogP contribution in [0.15, 0.2) is 18.2 Å². The van der Waals surface area contributed by atoms with Crippen LogP contribution in [-0.4, -0.2) is 29.3 Å². The van der Waals surface area contributed by atoms with Crippen molar-refractivity contribution in [1.29, 1.82) is 0 Å². The molecule has 0 aromatic heterocycles. The molecule has 0 spiro atoms. The molecule has 0 aliphatic rings. The molecule has 1 N–H and O–H groups in total. The molecule has 4 nitrogen and oxygen atoms in total. The van der Waals surface area contributed by atoms with Crippen LogP contribution >= 0.6 is 0 Å². The highest BCUT2D eigenvalue weighted by Gasteiger charge is 2.15. The van der Waals surface area contributed by atoms with E-state index in [1.807, 2.05) is 32.0 Å². The SMILES string of the molecule is CCc1cccc(CC)c1NC(=O)CCN(C(C)=O)C(C)C. The van der Waals surface area contributed by atoms with Crippen molar-refractivity contribution in [1.82, 2.24) is 4.90 Å². The van der Waals surface area contributed by atoms with E-state index in [0.717, 1.165) is 29.7 Å². The van der Waals surface area contributed by atoms with Crippen molar-refractivity contribution in [3.8, 4) is 0 Å². The number of anilines is 1. The normalized spacial score (nSPS) is 10.6. The van der Waals surface area contributed by atoms with Crippen LogP contribution < -0.4 is 5.32 Å². The first-order chi connectivity index (χ1) is 10.4. The van der Waals surface area contributed by atoms with Crippen molar-refractivity contribution in [2.24, 2.45) is 0 Å². The first-order valence-corrected chi connectivity index (χ1v) is 8.08. The molecule has 0 bridgehead atoms. The predicted molar refractivity (Wildman–Crippen MR) is 91.0 cm³/mol. The average Bonchev–Trinajstić information content (AvgIpc) is 2.46. The van der Waals surface area contributed by atoms with Gasteiger partial charge in [-0.2, -0.15) is 0 Å². The summed E-state index contributed by atoms with van der Waals surface area (Å²) in [5, 5.41) is 3.04. The Labute approximate surface area is 133 Å². The largest absolute Gasteiger partial charge is 0.340 e. The van der Waals surface area contributed by atoms with Gasteiger partial charge in [-0.25, -0.2) is 0 Å². The molecule has 1 aromatic rings. The number of nitrogens with zero attached hydrogens (tertiary/aromatic N) is 1. The van der Waals surface area contributed by atoms with Gasteiger partial charge in [0.1, 0.15) is 0 Å². The predicted octanol–water partition coefficient (Wildman–Crippen LogP) is 3.40. The van der Waals surface area contributed by atoms with E-state index in [1.165, 1.54) is 0 Å². The number of amides is 2. The van der Waals surface area contributed by atoms with Crippen LogP contribution in [0, 0.1) is 0 Å².